The largest absolute Gasteiger partial charge is 0.394 e. The predicted molar refractivity (Wildman–Crippen MR) is 244 cm³/mol. The van der Waals surface area contributed by atoms with Crippen LogP contribution in [0.4, 0.5) is 0 Å². The molecule has 0 aromatic rings. The number of hydrogen-bond acceptors (Lipinski definition) is 3. The minimum absolute atomic E-state index is 0.0692. The zero-order valence-corrected chi connectivity index (χ0v) is 36.7. The van der Waals surface area contributed by atoms with Crippen LogP contribution in [-0.2, 0) is 4.79 Å². The summed E-state index contributed by atoms with van der Waals surface area (Å²) in [5.41, 5.74) is 0. The number of unbranched alkanes of at least 4 members (excludes halogenated alkanes) is 28. The van der Waals surface area contributed by atoms with E-state index in [1.54, 1.807) is 6.08 Å². The molecule has 0 aromatic carbocycles. The minimum Gasteiger partial charge on any atom is -0.394 e. The van der Waals surface area contributed by atoms with E-state index >= 15 is 0 Å². The maximum absolute atomic E-state index is 12.4. The molecule has 0 spiro atoms. The second-order valence-corrected chi connectivity index (χ2v) is 16.1. The highest BCUT2D eigenvalue weighted by atomic mass is 16.3. The van der Waals surface area contributed by atoms with Crippen molar-refractivity contribution in [2.45, 2.75) is 251 Å². The molecule has 0 rings (SSSR count). The molecule has 4 nitrogen and oxygen atoms in total. The Labute approximate surface area is 343 Å². The van der Waals surface area contributed by atoms with Crippen molar-refractivity contribution in [2.75, 3.05) is 6.61 Å². The number of nitrogens with one attached hydrogen (secondary N) is 1. The molecule has 55 heavy (non-hydrogen) atoms. The Morgan fingerprint density at radius 3 is 1.20 bits per heavy atom. The van der Waals surface area contributed by atoms with Gasteiger partial charge in [-0.3, -0.25) is 4.79 Å². The molecule has 0 saturated heterocycles. The van der Waals surface area contributed by atoms with E-state index in [1.807, 2.05) is 6.08 Å². The third-order valence-corrected chi connectivity index (χ3v) is 10.8. The van der Waals surface area contributed by atoms with E-state index < -0.39 is 12.1 Å². The third kappa shape index (κ3) is 43.1. The molecule has 0 aromatic heterocycles. The Morgan fingerprint density at radius 2 is 0.800 bits per heavy atom. The van der Waals surface area contributed by atoms with E-state index in [9.17, 15) is 15.0 Å². The summed E-state index contributed by atoms with van der Waals surface area (Å²) >= 11 is 0. The summed E-state index contributed by atoms with van der Waals surface area (Å²) in [6.45, 7) is 4.21. The normalized spacial score (nSPS) is 13.5. The van der Waals surface area contributed by atoms with Crippen LogP contribution < -0.4 is 5.32 Å². The smallest absolute Gasteiger partial charge is 0.220 e. The molecule has 0 bridgehead atoms. The maximum Gasteiger partial charge on any atom is 0.220 e. The monoisotopic (exact) mass is 768 g/mol. The molecule has 0 aliphatic rings. The van der Waals surface area contributed by atoms with Gasteiger partial charge in [0.1, 0.15) is 0 Å². The number of carbonyl (C=O) groups is 1. The molecule has 0 aliphatic carbocycles. The number of carbonyl (C=O) groups excluding carboxylic acids is 1. The second-order valence-electron chi connectivity index (χ2n) is 16.1. The summed E-state index contributed by atoms with van der Waals surface area (Å²) in [4.78, 5) is 12.4. The van der Waals surface area contributed by atoms with Gasteiger partial charge in [0.25, 0.3) is 0 Å². The van der Waals surface area contributed by atoms with Crippen molar-refractivity contribution < 1.29 is 15.0 Å². The van der Waals surface area contributed by atoms with Gasteiger partial charge in [-0.25, -0.2) is 0 Å². The van der Waals surface area contributed by atoms with Gasteiger partial charge in [-0.1, -0.05) is 235 Å². The number of rotatable bonds is 43. The Hall–Kier alpha value is -1.91. The molecule has 0 fully saturated rings. The molecule has 2 unspecified atom stereocenters. The average Bonchev–Trinajstić information content (AvgIpc) is 3.19. The molecule has 0 saturated carbocycles. The molecule has 0 aliphatic heterocycles. The van der Waals surface area contributed by atoms with Gasteiger partial charge in [-0.05, 0) is 57.8 Å². The molecular formula is C51H93NO3. The molecule has 2 atom stereocenters. The molecule has 3 N–H and O–H groups in total. The predicted octanol–water partition coefficient (Wildman–Crippen LogP) is 15.3. The highest BCUT2D eigenvalue weighted by Crippen LogP contribution is 2.16. The highest BCUT2D eigenvalue weighted by molar-refractivity contribution is 5.76. The van der Waals surface area contributed by atoms with Crippen molar-refractivity contribution in [1.82, 2.24) is 5.32 Å². The van der Waals surface area contributed by atoms with E-state index in [-0.39, 0.29) is 12.5 Å². The second kappa shape index (κ2) is 46.5. The van der Waals surface area contributed by atoms with Crippen LogP contribution in [-0.4, -0.2) is 34.9 Å². The van der Waals surface area contributed by atoms with Crippen LogP contribution in [0.25, 0.3) is 0 Å². The van der Waals surface area contributed by atoms with Gasteiger partial charge in [-0.15, -0.1) is 0 Å². The summed E-state index contributed by atoms with van der Waals surface area (Å²) in [6.07, 6.45) is 64.8. The standard InChI is InChI=1S/C51H93NO3/c1-3-5-7-9-11-13-15-17-19-21-23-25-26-27-29-31-33-35-37-39-41-43-45-47-51(55)52-49(48-53)50(54)46-44-42-40-38-36-34-32-30-28-24-22-20-18-16-14-12-10-8-6-4-2/h5,7,11,13,17,19,23,25,44,46,49-50,53-54H,3-4,6,8-10,12,14-16,18,20-22,24,26-43,45,47-48H2,1-2H3,(H,52,55)/b7-5-,13-11-,19-17-,25-23-,46-44+. The number of aliphatic hydroxyl groups is 2. The van der Waals surface area contributed by atoms with Gasteiger partial charge < -0.3 is 15.5 Å². The first-order valence-corrected chi connectivity index (χ1v) is 24.0. The number of aliphatic hydroxyl groups excluding tert-OH is 2. The van der Waals surface area contributed by atoms with Crippen LogP contribution >= 0.6 is 0 Å². The Kier molecular flexibility index (Phi) is 44.9. The van der Waals surface area contributed by atoms with E-state index in [0.717, 1.165) is 51.4 Å². The van der Waals surface area contributed by atoms with Crippen molar-refractivity contribution >= 4 is 5.91 Å². The first-order chi connectivity index (χ1) is 27.2. The van der Waals surface area contributed by atoms with Gasteiger partial charge in [0.2, 0.25) is 5.91 Å². The Morgan fingerprint density at radius 1 is 0.455 bits per heavy atom. The maximum atomic E-state index is 12.4. The number of allylic oxidation sites excluding steroid dienone is 9. The summed E-state index contributed by atoms with van der Waals surface area (Å²) in [5, 5.41) is 23.1. The van der Waals surface area contributed by atoms with Gasteiger partial charge in [0, 0.05) is 6.42 Å². The molecule has 0 heterocycles. The fourth-order valence-electron chi connectivity index (χ4n) is 7.11. The first-order valence-electron chi connectivity index (χ1n) is 24.0. The van der Waals surface area contributed by atoms with Gasteiger partial charge >= 0.3 is 0 Å². The lowest BCUT2D eigenvalue weighted by atomic mass is 10.0. The van der Waals surface area contributed by atoms with Crippen LogP contribution in [0, 0.1) is 0 Å². The zero-order valence-electron chi connectivity index (χ0n) is 36.7. The molecule has 0 radical (unpaired) electrons. The van der Waals surface area contributed by atoms with E-state index in [2.05, 4.69) is 67.8 Å². The number of amides is 1. The molecular weight excluding hydrogens is 675 g/mol. The van der Waals surface area contributed by atoms with Gasteiger partial charge in [0.15, 0.2) is 0 Å². The molecule has 1 amide bonds. The highest BCUT2D eigenvalue weighted by Gasteiger charge is 2.17. The van der Waals surface area contributed by atoms with Gasteiger partial charge in [0.05, 0.1) is 18.8 Å². The van der Waals surface area contributed by atoms with E-state index in [1.165, 1.54) is 167 Å². The van der Waals surface area contributed by atoms with Crippen LogP contribution in [0.5, 0.6) is 0 Å². The summed E-state index contributed by atoms with van der Waals surface area (Å²) < 4.78 is 0. The van der Waals surface area contributed by atoms with Crippen molar-refractivity contribution in [3.8, 4) is 0 Å². The lowest BCUT2D eigenvalue weighted by Crippen LogP contribution is -2.45. The van der Waals surface area contributed by atoms with Crippen molar-refractivity contribution in [3.63, 3.8) is 0 Å². The lowest BCUT2D eigenvalue weighted by molar-refractivity contribution is -0.123. The van der Waals surface area contributed by atoms with E-state index in [4.69, 9.17) is 0 Å². The van der Waals surface area contributed by atoms with Crippen LogP contribution in [0.15, 0.2) is 60.8 Å². The quantitative estimate of drug-likeness (QED) is 0.0427. The van der Waals surface area contributed by atoms with Crippen molar-refractivity contribution in [3.05, 3.63) is 60.8 Å². The van der Waals surface area contributed by atoms with Crippen molar-refractivity contribution in [2.24, 2.45) is 0 Å². The van der Waals surface area contributed by atoms with Crippen LogP contribution in [0.2, 0.25) is 0 Å². The summed E-state index contributed by atoms with van der Waals surface area (Å²) in [7, 11) is 0. The number of hydrogen-bond donors (Lipinski definition) is 3. The van der Waals surface area contributed by atoms with E-state index in [0.29, 0.717) is 6.42 Å². The zero-order chi connectivity index (χ0) is 40.0. The minimum atomic E-state index is -0.843. The molecule has 320 valence electrons. The SMILES string of the molecule is CC/C=C\C/C=C\C/C=C\C/C=C\CCCCCCCCCCCCC(=O)NC(CO)C(O)/C=C/CCCCCCCCCCCCCCCCCCCC. The molecule has 4 heteroatoms. The topological polar surface area (TPSA) is 69.6 Å². The Balaban J connectivity index is 3.56. The summed E-state index contributed by atoms with van der Waals surface area (Å²) in [5.74, 6) is -0.0692. The lowest BCUT2D eigenvalue weighted by Gasteiger charge is -2.20. The Bertz CT molecular complexity index is 919. The van der Waals surface area contributed by atoms with Crippen LogP contribution in [0.3, 0.4) is 0 Å². The summed E-state index contributed by atoms with van der Waals surface area (Å²) in [6, 6.07) is -0.627. The van der Waals surface area contributed by atoms with Gasteiger partial charge in [-0.2, -0.15) is 0 Å². The van der Waals surface area contributed by atoms with Crippen molar-refractivity contribution in [1.29, 1.82) is 0 Å². The fourth-order valence-corrected chi connectivity index (χ4v) is 7.11. The van der Waals surface area contributed by atoms with Crippen LogP contribution in [0.1, 0.15) is 239 Å². The first kappa shape index (κ1) is 53.1. The average molecular weight is 768 g/mol. The fraction of sp³-hybridized carbons (Fsp3) is 0.784. The third-order valence-electron chi connectivity index (χ3n) is 10.8.